The van der Waals surface area contributed by atoms with Gasteiger partial charge in [0, 0.05) is 16.7 Å². The summed E-state index contributed by atoms with van der Waals surface area (Å²) in [5, 5.41) is 5.40. The number of anilines is 1. The molecule has 0 fully saturated rings. The lowest BCUT2D eigenvalue weighted by molar-refractivity contribution is -0.137. The first-order valence-electron chi connectivity index (χ1n) is 8.43. The number of nitrogens with one attached hydrogen (secondary N) is 2. The molecule has 5 nitrogen and oxygen atoms in total. The number of thiazole rings is 1. The van der Waals surface area contributed by atoms with E-state index in [1.54, 1.807) is 0 Å². The molecule has 29 heavy (non-hydrogen) atoms. The Bertz CT molecular complexity index is 1060. The smallest absolute Gasteiger partial charge is 0.351 e. The largest absolute Gasteiger partial charge is 0.417 e. The van der Waals surface area contributed by atoms with Gasteiger partial charge in [-0.1, -0.05) is 12.1 Å². The average Bonchev–Trinajstić information content (AvgIpc) is 3.25. The van der Waals surface area contributed by atoms with Gasteiger partial charge in [-0.25, -0.2) is 4.98 Å². The molecule has 2 N–H and O–H groups in total. The number of thiophene rings is 1. The molecular weight excluding hydrogens is 423 g/mol. The second-order valence-electron chi connectivity index (χ2n) is 6.10. The highest BCUT2D eigenvalue weighted by molar-refractivity contribution is 7.18. The van der Waals surface area contributed by atoms with Crippen molar-refractivity contribution in [3.63, 3.8) is 0 Å². The van der Waals surface area contributed by atoms with E-state index >= 15 is 0 Å². The first kappa shape index (κ1) is 21.0. The molecule has 2 amide bonds. The molecule has 0 bridgehead atoms. The quantitative estimate of drug-likeness (QED) is 0.582. The fourth-order valence-corrected chi connectivity index (χ4v) is 4.46. The van der Waals surface area contributed by atoms with E-state index in [1.807, 2.05) is 19.1 Å². The van der Waals surface area contributed by atoms with Crippen molar-refractivity contribution >= 4 is 39.6 Å². The van der Waals surface area contributed by atoms with Crippen molar-refractivity contribution in [1.29, 1.82) is 0 Å². The molecule has 0 aliphatic carbocycles. The standard InChI is InChI=1S/C19H16F3N3O2S2/c1-10-16(15-8-7-12(29-15)9-23-11(2)26)24-18(28-10)25-17(27)13-5-3-4-6-14(13)19(20,21)22/h3-8H,9H2,1-2H3,(H,23,26)(H,24,25,27). The Morgan fingerprint density at radius 2 is 1.83 bits per heavy atom. The lowest BCUT2D eigenvalue weighted by Crippen LogP contribution is -2.18. The summed E-state index contributed by atoms with van der Waals surface area (Å²) in [4.78, 5) is 30.4. The van der Waals surface area contributed by atoms with Crippen molar-refractivity contribution in [3.8, 4) is 10.6 Å². The van der Waals surface area contributed by atoms with Crippen LogP contribution in [-0.4, -0.2) is 16.8 Å². The number of hydrogen-bond donors (Lipinski definition) is 2. The topological polar surface area (TPSA) is 71.1 Å². The number of aryl methyl sites for hydroxylation is 1. The summed E-state index contributed by atoms with van der Waals surface area (Å²) in [6.45, 7) is 3.66. The molecular formula is C19H16F3N3O2S2. The van der Waals surface area contributed by atoms with Crippen LogP contribution in [0, 0.1) is 6.92 Å². The molecule has 1 aromatic carbocycles. The Balaban J connectivity index is 1.80. The predicted octanol–water partition coefficient (Wildman–Crippen LogP) is 5.09. The fourth-order valence-electron chi connectivity index (χ4n) is 2.58. The van der Waals surface area contributed by atoms with Gasteiger partial charge < -0.3 is 5.32 Å². The van der Waals surface area contributed by atoms with Gasteiger partial charge in [0.1, 0.15) is 0 Å². The maximum Gasteiger partial charge on any atom is 0.417 e. The molecule has 0 saturated heterocycles. The van der Waals surface area contributed by atoms with Gasteiger partial charge in [0.05, 0.1) is 28.2 Å². The van der Waals surface area contributed by atoms with Gasteiger partial charge in [0.15, 0.2) is 5.13 Å². The number of rotatable bonds is 5. The zero-order valence-corrected chi connectivity index (χ0v) is 17.0. The van der Waals surface area contributed by atoms with Crippen LogP contribution >= 0.6 is 22.7 Å². The van der Waals surface area contributed by atoms with Crippen LogP contribution in [0.25, 0.3) is 10.6 Å². The second kappa shape index (κ2) is 8.34. The van der Waals surface area contributed by atoms with Crippen molar-refractivity contribution in [2.75, 3.05) is 5.32 Å². The van der Waals surface area contributed by atoms with Gasteiger partial charge in [-0.2, -0.15) is 13.2 Å². The normalized spacial score (nSPS) is 11.3. The molecule has 0 spiro atoms. The van der Waals surface area contributed by atoms with Gasteiger partial charge in [0.2, 0.25) is 5.91 Å². The van der Waals surface area contributed by atoms with Gasteiger partial charge in [-0.15, -0.1) is 22.7 Å². The molecule has 2 heterocycles. The summed E-state index contributed by atoms with van der Waals surface area (Å²) in [7, 11) is 0. The van der Waals surface area contributed by atoms with Crippen molar-refractivity contribution in [1.82, 2.24) is 10.3 Å². The number of alkyl halides is 3. The average molecular weight is 439 g/mol. The van der Waals surface area contributed by atoms with E-state index in [4.69, 9.17) is 0 Å². The summed E-state index contributed by atoms with van der Waals surface area (Å²) in [5.41, 5.74) is -0.802. The fraction of sp³-hybridized carbons (Fsp3) is 0.211. The van der Waals surface area contributed by atoms with Crippen molar-refractivity contribution < 1.29 is 22.8 Å². The molecule has 0 saturated carbocycles. The van der Waals surface area contributed by atoms with Crippen LogP contribution < -0.4 is 10.6 Å². The number of carbonyl (C=O) groups excluding carboxylic acids is 2. The van der Waals surface area contributed by atoms with Crippen LogP contribution in [0.4, 0.5) is 18.3 Å². The molecule has 152 valence electrons. The molecule has 0 radical (unpaired) electrons. The predicted molar refractivity (Wildman–Crippen MR) is 107 cm³/mol. The number of halogens is 3. The van der Waals surface area contributed by atoms with Gasteiger partial charge in [-0.05, 0) is 31.2 Å². The number of benzene rings is 1. The van der Waals surface area contributed by atoms with E-state index in [1.165, 1.54) is 41.7 Å². The minimum absolute atomic E-state index is 0.131. The summed E-state index contributed by atoms with van der Waals surface area (Å²) < 4.78 is 39.4. The van der Waals surface area contributed by atoms with Crippen LogP contribution in [0.1, 0.15) is 32.6 Å². The first-order valence-corrected chi connectivity index (χ1v) is 10.1. The number of carbonyl (C=O) groups is 2. The number of hydrogen-bond acceptors (Lipinski definition) is 5. The van der Waals surface area contributed by atoms with E-state index in [9.17, 15) is 22.8 Å². The summed E-state index contributed by atoms with van der Waals surface area (Å²) in [6.07, 6.45) is -4.63. The monoisotopic (exact) mass is 439 g/mol. The Labute approximate surface area is 172 Å². The van der Waals surface area contributed by atoms with E-state index in [-0.39, 0.29) is 11.0 Å². The van der Waals surface area contributed by atoms with Gasteiger partial charge in [-0.3, -0.25) is 14.9 Å². The van der Waals surface area contributed by atoms with Crippen LogP contribution in [-0.2, 0) is 17.5 Å². The Morgan fingerprint density at radius 1 is 1.10 bits per heavy atom. The first-order chi connectivity index (χ1) is 13.6. The molecule has 3 rings (SSSR count). The minimum Gasteiger partial charge on any atom is -0.351 e. The Morgan fingerprint density at radius 3 is 2.52 bits per heavy atom. The van der Waals surface area contributed by atoms with Crippen molar-refractivity contribution in [3.05, 3.63) is 57.3 Å². The second-order valence-corrected chi connectivity index (χ2v) is 8.47. The van der Waals surface area contributed by atoms with Crippen molar-refractivity contribution in [2.24, 2.45) is 0 Å². The summed E-state index contributed by atoms with van der Waals surface area (Å²) in [5.74, 6) is -0.996. The van der Waals surface area contributed by atoms with Crippen LogP contribution in [0.5, 0.6) is 0 Å². The maximum absolute atomic E-state index is 13.1. The third-order valence-electron chi connectivity index (χ3n) is 3.90. The van der Waals surface area contributed by atoms with Crippen molar-refractivity contribution in [2.45, 2.75) is 26.6 Å². The minimum atomic E-state index is -4.63. The third kappa shape index (κ3) is 5.01. The molecule has 0 unspecified atom stereocenters. The maximum atomic E-state index is 13.1. The molecule has 10 heteroatoms. The van der Waals surface area contributed by atoms with Crippen LogP contribution in [0.3, 0.4) is 0 Å². The van der Waals surface area contributed by atoms with Gasteiger partial charge >= 0.3 is 6.18 Å². The molecule has 2 aromatic heterocycles. The lowest BCUT2D eigenvalue weighted by atomic mass is 10.1. The Kier molecular flexibility index (Phi) is 6.04. The molecule has 0 aliphatic rings. The van der Waals surface area contributed by atoms with E-state index in [0.29, 0.717) is 12.2 Å². The number of nitrogens with zero attached hydrogens (tertiary/aromatic N) is 1. The zero-order valence-electron chi connectivity index (χ0n) is 15.4. The SMILES string of the molecule is CC(=O)NCc1ccc(-c2nc(NC(=O)c3ccccc3C(F)(F)F)sc2C)s1. The molecule has 0 aliphatic heterocycles. The number of amides is 2. The molecule has 3 aromatic rings. The van der Waals surface area contributed by atoms with E-state index in [2.05, 4.69) is 15.6 Å². The van der Waals surface area contributed by atoms with E-state index in [0.717, 1.165) is 26.8 Å². The number of aromatic nitrogens is 1. The zero-order chi connectivity index (χ0) is 21.2. The summed E-state index contributed by atoms with van der Waals surface area (Å²) in [6, 6.07) is 8.34. The summed E-state index contributed by atoms with van der Waals surface area (Å²) >= 11 is 2.63. The Hall–Kier alpha value is -2.72. The highest BCUT2D eigenvalue weighted by Gasteiger charge is 2.35. The van der Waals surface area contributed by atoms with E-state index < -0.39 is 23.2 Å². The highest BCUT2D eigenvalue weighted by atomic mass is 32.1. The third-order valence-corrected chi connectivity index (χ3v) is 5.88. The molecule has 0 atom stereocenters. The lowest BCUT2D eigenvalue weighted by Gasteiger charge is -2.11. The van der Waals surface area contributed by atoms with Crippen LogP contribution in [0.2, 0.25) is 0 Å². The van der Waals surface area contributed by atoms with Crippen LogP contribution in [0.15, 0.2) is 36.4 Å². The highest BCUT2D eigenvalue weighted by Crippen LogP contribution is 2.36. The van der Waals surface area contributed by atoms with Gasteiger partial charge in [0.25, 0.3) is 5.91 Å².